The van der Waals surface area contributed by atoms with Gasteiger partial charge in [0.2, 0.25) is 5.91 Å². The van der Waals surface area contributed by atoms with Crippen LogP contribution in [0, 0.1) is 12.7 Å². The lowest BCUT2D eigenvalue weighted by atomic mass is 9.88. The minimum atomic E-state index is -0.304. The molecule has 10 rings (SSSR count). The molecule has 4 saturated heterocycles. The van der Waals surface area contributed by atoms with Crippen molar-refractivity contribution in [2.45, 2.75) is 96.2 Å². The molecular formula is C44H51FN8O4. The summed E-state index contributed by atoms with van der Waals surface area (Å²) in [6, 6.07) is 13.5. The van der Waals surface area contributed by atoms with Crippen molar-refractivity contribution < 1.29 is 23.4 Å². The van der Waals surface area contributed by atoms with Gasteiger partial charge in [-0.25, -0.2) is 4.39 Å². The van der Waals surface area contributed by atoms with Crippen LogP contribution in [0.5, 0.6) is 11.8 Å². The van der Waals surface area contributed by atoms with E-state index in [9.17, 15) is 4.79 Å². The molecule has 4 aliphatic heterocycles. The molecule has 1 saturated carbocycles. The van der Waals surface area contributed by atoms with Crippen molar-refractivity contribution in [3.63, 3.8) is 0 Å². The van der Waals surface area contributed by atoms with Crippen LogP contribution in [-0.4, -0.2) is 106 Å². The standard InChI is InChI=1S/C44H51FN8O4/c1-25(2)51-12-13-52(38(54)23-51)21-27-4-6-28(7-5-27)24-56-42-40(39-26(3)36(45)18-37-35(39)20-47-50-37)33(29-8-9-29)17-34-41(42)48-44(57-32-10-14-55-15-11-32)49-43(34)53-22-30-16-31(53)19-46-30/h4-7,17-18,20,25,29-32,46H,8-16,19,21-24H2,1-3H3,(H,47,50)/t30-,31-/m0/s1. The number of halogens is 1. The molecule has 6 heterocycles. The molecule has 298 valence electrons. The van der Waals surface area contributed by atoms with Gasteiger partial charge in [-0.2, -0.15) is 15.1 Å². The molecule has 5 fully saturated rings. The predicted octanol–water partition coefficient (Wildman–Crippen LogP) is 6.24. The number of rotatable bonds is 11. The van der Waals surface area contributed by atoms with Crippen molar-refractivity contribution >= 4 is 33.5 Å². The summed E-state index contributed by atoms with van der Waals surface area (Å²) in [5.41, 5.74) is 6.64. The third-order valence-electron chi connectivity index (χ3n) is 12.8. The van der Waals surface area contributed by atoms with E-state index < -0.39 is 0 Å². The summed E-state index contributed by atoms with van der Waals surface area (Å²) in [5.74, 6) is 1.62. The highest BCUT2D eigenvalue weighted by atomic mass is 19.1. The van der Waals surface area contributed by atoms with Crippen LogP contribution in [-0.2, 0) is 22.7 Å². The second-order valence-electron chi connectivity index (χ2n) is 16.9. The van der Waals surface area contributed by atoms with E-state index in [4.69, 9.17) is 24.2 Å². The Kier molecular flexibility index (Phi) is 9.49. The fraction of sp³-hybridized carbons (Fsp3) is 0.500. The maximum absolute atomic E-state index is 15.9. The summed E-state index contributed by atoms with van der Waals surface area (Å²) in [7, 11) is 0. The Morgan fingerprint density at radius 1 is 1.00 bits per heavy atom. The van der Waals surface area contributed by atoms with Crippen LogP contribution in [0.3, 0.4) is 0 Å². The molecule has 3 aromatic carbocycles. The summed E-state index contributed by atoms with van der Waals surface area (Å²) < 4.78 is 35.2. The highest BCUT2D eigenvalue weighted by Crippen LogP contribution is 2.53. The molecule has 0 spiro atoms. The smallest absolute Gasteiger partial charge is 0.319 e. The fourth-order valence-electron chi connectivity index (χ4n) is 9.31. The van der Waals surface area contributed by atoms with Crippen molar-refractivity contribution in [2.75, 3.05) is 50.8 Å². The van der Waals surface area contributed by atoms with Gasteiger partial charge in [0, 0.05) is 85.6 Å². The number of carbonyl (C=O) groups excluding carboxylic acids is 1. The molecule has 2 aromatic heterocycles. The van der Waals surface area contributed by atoms with Crippen molar-refractivity contribution in [2.24, 2.45) is 0 Å². The number of hydrogen-bond acceptors (Lipinski definition) is 10. The van der Waals surface area contributed by atoms with Crippen molar-refractivity contribution in [3.8, 4) is 22.9 Å². The molecule has 2 bridgehead atoms. The SMILES string of the molecule is Cc1c(F)cc2[nH]ncc2c1-c1c(C2CC2)cc2c(N3C[C@@H]4C[C@H]3CN4)nc(OC3CCOCC3)nc2c1OCc1ccc(CN2CCN(C(C)C)CC2=O)cc1. The second-order valence-corrected chi connectivity index (χ2v) is 16.9. The predicted molar refractivity (Wildman–Crippen MR) is 216 cm³/mol. The van der Waals surface area contributed by atoms with E-state index in [-0.39, 0.29) is 24.4 Å². The number of nitrogens with one attached hydrogen (secondary N) is 2. The van der Waals surface area contributed by atoms with E-state index >= 15 is 4.39 Å². The average Bonchev–Trinajstić information content (AvgIpc) is 3.57. The first-order valence-electron chi connectivity index (χ1n) is 20.8. The number of amides is 1. The van der Waals surface area contributed by atoms with E-state index in [2.05, 4.69) is 69.5 Å². The van der Waals surface area contributed by atoms with Crippen LogP contribution in [0.25, 0.3) is 32.9 Å². The maximum atomic E-state index is 15.9. The van der Waals surface area contributed by atoms with Crippen LogP contribution >= 0.6 is 0 Å². The molecule has 12 nitrogen and oxygen atoms in total. The van der Waals surface area contributed by atoms with E-state index in [0.717, 1.165) is 103 Å². The number of nitrogens with zero attached hydrogens (tertiary/aromatic N) is 6. The maximum Gasteiger partial charge on any atom is 0.319 e. The Morgan fingerprint density at radius 2 is 1.81 bits per heavy atom. The van der Waals surface area contributed by atoms with E-state index in [1.165, 1.54) is 6.07 Å². The van der Waals surface area contributed by atoms with E-state index in [0.29, 0.717) is 78.7 Å². The van der Waals surface area contributed by atoms with Crippen molar-refractivity contribution in [3.05, 3.63) is 70.7 Å². The quantitative estimate of drug-likeness (QED) is 0.160. The third kappa shape index (κ3) is 6.97. The minimum Gasteiger partial charge on any atom is -0.486 e. The van der Waals surface area contributed by atoms with Gasteiger partial charge in [0.15, 0.2) is 5.75 Å². The second kappa shape index (κ2) is 14.8. The largest absolute Gasteiger partial charge is 0.486 e. The molecule has 2 atom stereocenters. The minimum absolute atomic E-state index is 0.0563. The lowest BCUT2D eigenvalue weighted by Gasteiger charge is -2.36. The number of H-pyrrole nitrogens is 1. The zero-order valence-electron chi connectivity index (χ0n) is 33.0. The highest BCUT2D eigenvalue weighted by molar-refractivity contribution is 6.06. The number of hydrogen-bond donors (Lipinski definition) is 2. The van der Waals surface area contributed by atoms with E-state index in [1.54, 1.807) is 6.20 Å². The number of ether oxygens (including phenoxy) is 3. The summed E-state index contributed by atoms with van der Waals surface area (Å²) in [4.78, 5) is 30.0. The number of fused-ring (bicyclic) bond motifs is 4. The van der Waals surface area contributed by atoms with Crippen LogP contribution in [0.2, 0.25) is 0 Å². The Bertz CT molecular complexity index is 2320. The van der Waals surface area contributed by atoms with Gasteiger partial charge in [-0.15, -0.1) is 0 Å². The zero-order valence-corrected chi connectivity index (χ0v) is 33.0. The molecule has 1 amide bonds. The molecule has 2 N–H and O–H groups in total. The monoisotopic (exact) mass is 774 g/mol. The Labute approximate surface area is 332 Å². The molecule has 1 aliphatic carbocycles. The summed E-state index contributed by atoms with van der Waals surface area (Å²) in [5, 5.41) is 12.8. The summed E-state index contributed by atoms with van der Waals surface area (Å²) in [6.45, 7) is 12.0. The number of aromatic nitrogens is 4. The highest BCUT2D eigenvalue weighted by Gasteiger charge is 2.41. The summed E-state index contributed by atoms with van der Waals surface area (Å²) >= 11 is 0. The van der Waals surface area contributed by atoms with Crippen molar-refractivity contribution in [1.29, 1.82) is 0 Å². The van der Waals surface area contributed by atoms with E-state index in [1.807, 2.05) is 11.8 Å². The topological polar surface area (TPSA) is 121 Å². The lowest BCUT2D eigenvalue weighted by molar-refractivity contribution is -0.137. The lowest BCUT2D eigenvalue weighted by Crippen LogP contribution is -2.51. The molecule has 5 aliphatic rings. The van der Waals surface area contributed by atoms with Crippen LogP contribution in [0.15, 0.2) is 42.6 Å². The molecule has 0 unspecified atom stereocenters. The fourth-order valence-corrected chi connectivity index (χ4v) is 9.31. The summed E-state index contributed by atoms with van der Waals surface area (Å²) in [6.07, 6.45) is 6.41. The number of carbonyl (C=O) groups is 1. The number of anilines is 1. The van der Waals surface area contributed by atoms with Crippen molar-refractivity contribution in [1.82, 2.24) is 35.3 Å². The van der Waals surface area contributed by atoms with Gasteiger partial charge in [0.1, 0.15) is 29.9 Å². The van der Waals surface area contributed by atoms with Gasteiger partial charge in [-0.1, -0.05) is 24.3 Å². The van der Waals surface area contributed by atoms with Gasteiger partial charge >= 0.3 is 6.01 Å². The first-order chi connectivity index (χ1) is 27.8. The van der Waals surface area contributed by atoms with Crippen LogP contribution in [0.1, 0.15) is 74.1 Å². The van der Waals surface area contributed by atoms with Gasteiger partial charge < -0.3 is 29.3 Å². The normalized spacial score (nSPS) is 21.8. The molecule has 13 heteroatoms. The number of piperazine rings is 2. The average molecular weight is 775 g/mol. The molecule has 57 heavy (non-hydrogen) atoms. The van der Waals surface area contributed by atoms with Gasteiger partial charge in [-0.3, -0.25) is 14.8 Å². The van der Waals surface area contributed by atoms with Crippen LogP contribution in [0.4, 0.5) is 10.2 Å². The number of benzene rings is 3. The third-order valence-corrected chi connectivity index (χ3v) is 12.8. The number of aromatic amines is 1. The first kappa shape index (κ1) is 36.5. The van der Waals surface area contributed by atoms with Gasteiger partial charge in [-0.05, 0) is 80.3 Å². The Morgan fingerprint density at radius 3 is 2.53 bits per heavy atom. The Balaban J connectivity index is 1.08. The Hall–Kier alpha value is -4.85. The van der Waals surface area contributed by atoms with Gasteiger partial charge in [0.25, 0.3) is 0 Å². The van der Waals surface area contributed by atoms with Gasteiger partial charge in [0.05, 0.1) is 31.5 Å². The molecule has 5 aromatic rings. The zero-order chi connectivity index (χ0) is 38.8. The molecule has 0 radical (unpaired) electrons. The molecular weight excluding hydrogens is 724 g/mol. The van der Waals surface area contributed by atoms with Crippen LogP contribution < -0.4 is 19.7 Å². The first-order valence-corrected chi connectivity index (χ1v) is 20.8.